The Morgan fingerprint density at radius 3 is 2.69 bits per heavy atom. The Balaban J connectivity index is 2.30. The summed E-state index contributed by atoms with van der Waals surface area (Å²) in [5.41, 5.74) is -0.148. The zero-order valence-electron chi connectivity index (χ0n) is 11.3. The molecule has 1 fully saturated rings. The Labute approximate surface area is 101 Å². The van der Waals surface area contributed by atoms with Gasteiger partial charge in [-0.3, -0.25) is 0 Å². The van der Waals surface area contributed by atoms with Gasteiger partial charge in [-0.1, -0.05) is 6.92 Å². The van der Waals surface area contributed by atoms with E-state index in [1.54, 1.807) is 0 Å². The van der Waals surface area contributed by atoms with Crippen molar-refractivity contribution >= 4 is 0 Å². The number of nitrogens with zero attached hydrogens (tertiary/aromatic N) is 2. The molecule has 0 amide bonds. The molecule has 1 aliphatic rings. The normalized spacial score (nSPS) is 27.7. The van der Waals surface area contributed by atoms with Crippen molar-refractivity contribution in [1.29, 1.82) is 5.26 Å². The van der Waals surface area contributed by atoms with Crippen LogP contribution in [0.4, 0.5) is 0 Å². The first-order chi connectivity index (χ1) is 7.46. The fraction of sp³-hybridized carbons (Fsp3) is 0.929. The highest BCUT2D eigenvalue weighted by atomic mass is 15.2. The van der Waals surface area contributed by atoms with E-state index in [0.29, 0.717) is 0 Å². The van der Waals surface area contributed by atoms with Crippen LogP contribution in [0.15, 0.2) is 0 Å². The molecule has 2 atom stereocenters. The minimum Gasteiger partial charge on any atom is -0.300 e. The van der Waals surface area contributed by atoms with E-state index in [-0.39, 0.29) is 5.41 Å². The third-order valence-corrected chi connectivity index (χ3v) is 4.05. The summed E-state index contributed by atoms with van der Waals surface area (Å²) in [4.78, 5) is 2.60. The summed E-state index contributed by atoms with van der Waals surface area (Å²) >= 11 is 0. The minimum atomic E-state index is -0.148. The second-order valence-corrected chi connectivity index (χ2v) is 6.00. The van der Waals surface area contributed by atoms with Gasteiger partial charge < -0.3 is 4.90 Å². The third kappa shape index (κ3) is 3.79. The molecular formula is C14H26N2. The summed E-state index contributed by atoms with van der Waals surface area (Å²) in [5, 5.41) is 8.96. The predicted molar refractivity (Wildman–Crippen MR) is 68.1 cm³/mol. The average molecular weight is 222 g/mol. The van der Waals surface area contributed by atoms with Crippen LogP contribution in [0, 0.1) is 22.7 Å². The molecule has 1 heterocycles. The molecule has 2 unspecified atom stereocenters. The van der Waals surface area contributed by atoms with Crippen LogP contribution in [0.3, 0.4) is 0 Å². The van der Waals surface area contributed by atoms with Gasteiger partial charge >= 0.3 is 0 Å². The van der Waals surface area contributed by atoms with Crippen molar-refractivity contribution < 1.29 is 0 Å². The van der Waals surface area contributed by atoms with Gasteiger partial charge in [0.2, 0.25) is 0 Å². The summed E-state index contributed by atoms with van der Waals surface area (Å²) in [6.07, 6.45) is 4.88. The van der Waals surface area contributed by atoms with Gasteiger partial charge in [-0.15, -0.1) is 0 Å². The molecule has 0 aromatic heterocycles. The molecule has 2 nitrogen and oxygen atoms in total. The summed E-state index contributed by atoms with van der Waals surface area (Å²) < 4.78 is 0. The maximum absolute atomic E-state index is 8.96. The monoisotopic (exact) mass is 222 g/mol. The van der Waals surface area contributed by atoms with E-state index in [9.17, 15) is 0 Å². The molecule has 0 bridgehead atoms. The van der Waals surface area contributed by atoms with Gasteiger partial charge in [-0.25, -0.2) is 0 Å². The fourth-order valence-corrected chi connectivity index (χ4v) is 2.52. The second-order valence-electron chi connectivity index (χ2n) is 6.00. The smallest absolute Gasteiger partial charge is 0.0683 e. The number of nitriles is 1. The third-order valence-electron chi connectivity index (χ3n) is 4.05. The number of rotatable bonds is 4. The van der Waals surface area contributed by atoms with Gasteiger partial charge in [-0.05, 0) is 65.5 Å². The first-order valence-electron chi connectivity index (χ1n) is 6.61. The lowest BCUT2D eigenvalue weighted by atomic mass is 9.88. The number of hydrogen-bond acceptors (Lipinski definition) is 2. The van der Waals surface area contributed by atoms with Crippen LogP contribution in [-0.2, 0) is 0 Å². The highest BCUT2D eigenvalue weighted by molar-refractivity contribution is 4.91. The molecule has 0 aliphatic carbocycles. The van der Waals surface area contributed by atoms with E-state index in [4.69, 9.17) is 5.26 Å². The maximum Gasteiger partial charge on any atom is 0.0683 e. The molecular weight excluding hydrogens is 196 g/mol. The van der Waals surface area contributed by atoms with Crippen LogP contribution in [-0.4, -0.2) is 24.0 Å². The van der Waals surface area contributed by atoms with Gasteiger partial charge in [0.25, 0.3) is 0 Å². The Kier molecular flexibility index (Phi) is 4.80. The molecule has 0 aromatic rings. The van der Waals surface area contributed by atoms with Gasteiger partial charge in [-0.2, -0.15) is 5.26 Å². The van der Waals surface area contributed by atoms with Gasteiger partial charge in [0.1, 0.15) is 0 Å². The van der Waals surface area contributed by atoms with Crippen molar-refractivity contribution in [3.8, 4) is 6.07 Å². The number of hydrogen-bond donors (Lipinski definition) is 0. The quantitative estimate of drug-likeness (QED) is 0.728. The second kappa shape index (κ2) is 5.68. The Morgan fingerprint density at radius 2 is 2.06 bits per heavy atom. The van der Waals surface area contributed by atoms with Gasteiger partial charge in [0.15, 0.2) is 0 Å². The minimum absolute atomic E-state index is 0.148. The first-order valence-corrected chi connectivity index (χ1v) is 6.61. The molecule has 0 spiro atoms. The standard InChI is InChI=1S/C14H26N2/c1-12-7-5-9-16(13(12)2)10-6-8-14(3,4)11-15/h12-13H,5-10H2,1-4H3. The Bertz CT molecular complexity index is 252. The van der Waals surface area contributed by atoms with E-state index in [2.05, 4.69) is 24.8 Å². The SMILES string of the molecule is CC1CCCN(CCCC(C)(C)C#N)C1C. The highest BCUT2D eigenvalue weighted by Gasteiger charge is 2.24. The van der Waals surface area contributed by atoms with E-state index in [1.165, 1.54) is 19.4 Å². The molecule has 0 aromatic carbocycles. The maximum atomic E-state index is 8.96. The Hall–Kier alpha value is -0.550. The Morgan fingerprint density at radius 1 is 1.38 bits per heavy atom. The topological polar surface area (TPSA) is 27.0 Å². The van der Waals surface area contributed by atoms with E-state index in [0.717, 1.165) is 31.3 Å². The average Bonchev–Trinajstić information content (AvgIpc) is 2.24. The lowest BCUT2D eigenvalue weighted by Gasteiger charge is -2.38. The molecule has 1 saturated heterocycles. The first kappa shape index (κ1) is 13.5. The van der Waals surface area contributed by atoms with E-state index in [1.807, 2.05) is 13.8 Å². The van der Waals surface area contributed by atoms with Crippen molar-refractivity contribution in [3.05, 3.63) is 0 Å². The van der Waals surface area contributed by atoms with Crippen molar-refractivity contribution in [3.63, 3.8) is 0 Å². The van der Waals surface area contributed by atoms with E-state index < -0.39 is 0 Å². The molecule has 16 heavy (non-hydrogen) atoms. The van der Waals surface area contributed by atoms with E-state index >= 15 is 0 Å². The summed E-state index contributed by atoms with van der Waals surface area (Å²) in [7, 11) is 0. The van der Waals surface area contributed by atoms with Crippen LogP contribution in [0.5, 0.6) is 0 Å². The van der Waals surface area contributed by atoms with Crippen molar-refractivity contribution in [2.45, 2.75) is 59.4 Å². The molecule has 1 rings (SSSR count). The lowest BCUT2D eigenvalue weighted by molar-refractivity contribution is 0.109. The number of piperidine rings is 1. The molecule has 0 saturated carbocycles. The van der Waals surface area contributed by atoms with Crippen LogP contribution in [0.25, 0.3) is 0 Å². The summed E-state index contributed by atoms with van der Waals surface area (Å²) in [6.45, 7) is 11.2. The highest BCUT2D eigenvalue weighted by Crippen LogP contribution is 2.25. The predicted octanol–water partition coefficient (Wildman–Crippen LogP) is 3.44. The van der Waals surface area contributed by atoms with Crippen LogP contribution in [0.1, 0.15) is 53.4 Å². The van der Waals surface area contributed by atoms with Crippen LogP contribution >= 0.6 is 0 Å². The molecule has 2 heteroatoms. The van der Waals surface area contributed by atoms with Crippen molar-refractivity contribution in [2.24, 2.45) is 11.3 Å². The molecule has 0 N–H and O–H groups in total. The van der Waals surface area contributed by atoms with Gasteiger partial charge in [0.05, 0.1) is 11.5 Å². The van der Waals surface area contributed by atoms with Crippen molar-refractivity contribution in [1.82, 2.24) is 4.90 Å². The largest absolute Gasteiger partial charge is 0.300 e. The van der Waals surface area contributed by atoms with Gasteiger partial charge in [0, 0.05) is 6.04 Å². The van der Waals surface area contributed by atoms with Crippen LogP contribution < -0.4 is 0 Å². The zero-order chi connectivity index (χ0) is 12.2. The fourth-order valence-electron chi connectivity index (χ4n) is 2.52. The van der Waals surface area contributed by atoms with Crippen LogP contribution in [0.2, 0.25) is 0 Å². The molecule has 1 aliphatic heterocycles. The summed E-state index contributed by atoms with van der Waals surface area (Å²) in [5.74, 6) is 0.831. The number of likely N-dealkylation sites (tertiary alicyclic amines) is 1. The molecule has 92 valence electrons. The molecule has 0 radical (unpaired) electrons. The zero-order valence-corrected chi connectivity index (χ0v) is 11.3. The lowest BCUT2D eigenvalue weighted by Crippen LogP contribution is -2.42. The van der Waals surface area contributed by atoms with Crippen molar-refractivity contribution in [2.75, 3.05) is 13.1 Å². The summed E-state index contributed by atoms with van der Waals surface area (Å²) in [6, 6.07) is 3.10.